The number of hydrogen-bond acceptors (Lipinski definition) is 1. The summed E-state index contributed by atoms with van der Waals surface area (Å²) in [5, 5.41) is 4.60. The molecule has 0 aliphatic rings. The Morgan fingerprint density at radius 1 is 1.33 bits per heavy atom. The Bertz CT molecular complexity index is 492. The zero-order valence-corrected chi connectivity index (χ0v) is 9.44. The monoisotopic (exact) mass is 200 g/mol. The molecule has 0 aromatic carbocycles. The topological polar surface area (TPSA) is 17.3 Å². The molecular weight excluding hydrogens is 184 g/mol. The van der Waals surface area contributed by atoms with Crippen LogP contribution in [0.25, 0.3) is 11.6 Å². The molecule has 78 valence electrons. The lowest BCUT2D eigenvalue weighted by Crippen LogP contribution is -1.91. The van der Waals surface area contributed by atoms with Crippen LogP contribution < -0.4 is 0 Å². The molecule has 0 saturated carbocycles. The van der Waals surface area contributed by atoms with Gasteiger partial charge in [0.25, 0.3) is 0 Å². The first-order chi connectivity index (χ1) is 7.24. The zero-order valence-electron chi connectivity index (χ0n) is 9.44. The Hall–Kier alpha value is -1.57. The molecule has 0 amide bonds. The van der Waals surface area contributed by atoms with Crippen LogP contribution >= 0.6 is 0 Å². The summed E-state index contributed by atoms with van der Waals surface area (Å²) in [6.07, 6.45) is 6.20. The van der Waals surface area contributed by atoms with Gasteiger partial charge in [0, 0.05) is 11.8 Å². The van der Waals surface area contributed by atoms with E-state index < -0.39 is 0 Å². The van der Waals surface area contributed by atoms with Crippen molar-refractivity contribution in [2.45, 2.75) is 26.7 Å². The summed E-state index contributed by atoms with van der Waals surface area (Å²) >= 11 is 0. The van der Waals surface area contributed by atoms with E-state index >= 15 is 0 Å². The summed E-state index contributed by atoms with van der Waals surface area (Å²) in [6, 6.07) is 6.16. The molecule has 0 fully saturated rings. The van der Waals surface area contributed by atoms with Gasteiger partial charge in [0.15, 0.2) is 0 Å². The van der Waals surface area contributed by atoms with Crippen LogP contribution in [0.3, 0.4) is 0 Å². The number of rotatable bonds is 2. The second kappa shape index (κ2) is 3.89. The fourth-order valence-corrected chi connectivity index (χ4v) is 1.80. The van der Waals surface area contributed by atoms with Gasteiger partial charge in [-0.25, -0.2) is 4.52 Å². The molecule has 2 nitrogen and oxygen atoms in total. The number of fused-ring (bicyclic) bond motifs is 1. The molecular formula is C13H16N2. The molecule has 2 heterocycles. The third-order valence-corrected chi connectivity index (χ3v) is 2.49. The normalized spacial score (nSPS) is 12.0. The Balaban J connectivity index is 2.74. The highest BCUT2D eigenvalue weighted by Crippen LogP contribution is 2.23. The van der Waals surface area contributed by atoms with Crippen molar-refractivity contribution in [1.29, 1.82) is 0 Å². The molecule has 0 aliphatic carbocycles. The molecule has 0 saturated heterocycles. The van der Waals surface area contributed by atoms with Gasteiger partial charge in [-0.1, -0.05) is 32.1 Å². The van der Waals surface area contributed by atoms with E-state index in [1.165, 1.54) is 16.8 Å². The van der Waals surface area contributed by atoms with Gasteiger partial charge < -0.3 is 0 Å². The minimum Gasteiger partial charge on any atom is -0.240 e. The molecule has 0 N–H and O–H groups in total. The summed E-state index contributed by atoms with van der Waals surface area (Å²) in [5.41, 5.74) is 3.59. The first-order valence-corrected chi connectivity index (χ1v) is 5.34. The molecule has 0 spiro atoms. The Morgan fingerprint density at radius 3 is 2.80 bits per heavy atom. The largest absolute Gasteiger partial charge is 0.240 e. The molecule has 2 rings (SSSR count). The van der Waals surface area contributed by atoms with E-state index in [0.717, 1.165) is 0 Å². The van der Waals surface area contributed by atoms with E-state index in [2.05, 4.69) is 37.2 Å². The van der Waals surface area contributed by atoms with Gasteiger partial charge in [-0.2, -0.15) is 5.10 Å². The maximum Gasteiger partial charge on any atom is 0.0736 e. The van der Waals surface area contributed by atoms with Crippen molar-refractivity contribution in [2.24, 2.45) is 0 Å². The van der Waals surface area contributed by atoms with Gasteiger partial charge in [-0.05, 0) is 25.0 Å². The summed E-state index contributed by atoms with van der Waals surface area (Å²) < 4.78 is 1.95. The van der Waals surface area contributed by atoms with Gasteiger partial charge in [-0.15, -0.1) is 0 Å². The molecule has 0 aliphatic heterocycles. The minimum atomic E-state index is 0.455. The molecule has 0 atom stereocenters. The van der Waals surface area contributed by atoms with E-state index in [4.69, 9.17) is 0 Å². The average Bonchev–Trinajstić information content (AvgIpc) is 2.58. The van der Waals surface area contributed by atoms with E-state index in [1.54, 1.807) is 0 Å². The fraction of sp³-hybridized carbons (Fsp3) is 0.308. The number of hydrogen-bond donors (Lipinski definition) is 0. The van der Waals surface area contributed by atoms with Crippen LogP contribution in [0.2, 0.25) is 0 Å². The SMILES string of the molecule is CC=Cc1c(C(C)C)nn2ccccc12. The standard InChI is InChI=1S/C13H16N2/c1-4-7-11-12-8-5-6-9-15(12)14-13(11)10(2)3/h4-10H,1-3H3. The Morgan fingerprint density at radius 2 is 2.13 bits per heavy atom. The molecule has 2 aromatic rings. The lowest BCUT2D eigenvalue weighted by molar-refractivity contribution is 0.787. The van der Waals surface area contributed by atoms with Crippen LogP contribution in [-0.2, 0) is 0 Å². The number of allylic oxidation sites excluding steroid dienone is 1. The lowest BCUT2D eigenvalue weighted by atomic mass is 10.0. The summed E-state index contributed by atoms with van der Waals surface area (Å²) in [7, 11) is 0. The second-order valence-corrected chi connectivity index (χ2v) is 3.98. The highest BCUT2D eigenvalue weighted by molar-refractivity contribution is 5.71. The van der Waals surface area contributed by atoms with Crippen LogP contribution in [0.4, 0.5) is 0 Å². The third-order valence-electron chi connectivity index (χ3n) is 2.49. The maximum atomic E-state index is 4.60. The Kier molecular flexibility index (Phi) is 2.58. The van der Waals surface area contributed by atoms with Gasteiger partial charge in [0.1, 0.15) is 0 Å². The molecule has 0 bridgehead atoms. The molecule has 15 heavy (non-hydrogen) atoms. The first kappa shape index (κ1) is 9.97. The number of pyridine rings is 1. The maximum absolute atomic E-state index is 4.60. The number of nitrogens with zero attached hydrogens (tertiary/aromatic N) is 2. The molecule has 2 heteroatoms. The summed E-state index contributed by atoms with van der Waals surface area (Å²) in [6.45, 7) is 6.39. The van der Waals surface area contributed by atoms with Crippen molar-refractivity contribution in [3.63, 3.8) is 0 Å². The van der Waals surface area contributed by atoms with Crippen molar-refractivity contribution < 1.29 is 0 Å². The molecule has 0 radical (unpaired) electrons. The van der Waals surface area contributed by atoms with Gasteiger partial charge in [-0.3, -0.25) is 0 Å². The van der Waals surface area contributed by atoms with Crippen LogP contribution in [0.5, 0.6) is 0 Å². The van der Waals surface area contributed by atoms with Crippen molar-refractivity contribution in [3.8, 4) is 0 Å². The van der Waals surface area contributed by atoms with E-state index in [1.807, 2.05) is 29.8 Å². The predicted molar refractivity (Wildman–Crippen MR) is 64.0 cm³/mol. The average molecular weight is 200 g/mol. The van der Waals surface area contributed by atoms with E-state index in [-0.39, 0.29) is 0 Å². The first-order valence-electron chi connectivity index (χ1n) is 5.34. The molecule has 0 unspecified atom stereocenters. The van der Waals surface area contributed by atoms with Crippen LogP contribution in [-0.4, -0.2) is 9.61 Å². The van der Waals surface area contributed by atoms with Crippen LogP contribution in [0.1, 0.15) is 37.9 Å². The third kappa shape index (κ3) is 1.67. The van der Waals surface area contributed by atoms with Gasteiger partial charge >= 0.3 is 0 Å². The lowest BCUT2D eigenvalue weighted by Gasteiger charge is -2.00. The highest BCUT2D eigenvalue weighted by atomic mass is 15.2. The zero-order chi connectivity index (χ0) is 10.8. The van der Waals surface area contributed by atoms with Crippen molar-refractivity contribution >= 4 is 11.6 Å². The fourth-order valence-electron chi connectivity index (χ4n) is 1.80. The van der Waals surface area contributed by atoms with Crippen LogP contribution in [0.15, 0.2) is 30.5 Å². The van der Waals surface area contributed by atoms with E-state index in [9.17, 15) is 0 Å². The summed E-state index contributed by atoms with van der Waals surface area (Å²) in [4.78, 5) is 0. The van der Waals surface area contributed by atoms with Crippen molar-refractivity contribution in [1.82, 2.24) is 9.61 Å². The Labute approximate surface area is 90.2 Å². The van der Waals surface area contributed by atoms with E-state index in [0.29, 0.717) is 5.92 Å². The smallest absolute Gasteiger partial charge is 0.0736 e. The van der Waals surface area contributed by atoms with Gasteiger partial charge in [0.2, 0.25) is 0 Å². The minimum absolute atomic E-state index is 0.455. The van der Waals surface area contributed by atoms with Crippen molar-refractivity contribution in [2.75, 3.05) is 0 Å². The van der Waals surface area contributed by atoms with Crippen molar-refractivity contribution in [3.05, 3.63) is 41.7 Å². The predicted octanol–water partition coefficient (Wildman–Crippen LogP) is 3.49. The van der Waals surface area contributed by atoms with Crippen LogP contribution in [0, 0.1) is 0 Å². The highest BCUT2D eigenvalue weighted by Gasteiger charge is 2.12. The number of aromatic nitrogens is 2. The van der Waals surface area contributed by atoms with Gasteiger partial charge in [0.05, 0.1) is 11.2 Å². The summed E-state index contributed by atoms with van der Waals surface area (Å²) in [5.74, 6) is 0.455. The molecule has 2 aromatic heterocycles. The second-order valence-electron chi connectivity index (χ2n) is 3.98. The quantitative estimate of drug-likeness (QED) is 0.725.